The molecule has 0 bridgehead atoms. The maximum absolute atomic E-state index is 11.7. The van der Waals surface area contributed by atoms with Gasteiger partial charge in [0.25, 0.3) is 0 Å². The second-order valence-corrected chi connectivity index (χ2v) is 5.19. The maximum Gasteiger partial charge on any atom is 0.248 e. The van der Waals surface area contributed by atoms with Crippen molar-refractivity contribution >= 4 is 22.8 Å². The molecule has 0 aromatic heterocycles. The number of nitrogens with zero attached hydrogens (tertiary/aromatic N) is 2. The van der Waals surface area contributed by atoms with E-state index in [1.54, 1.807) is 6.92 Å². The van der Waals surface area contributed by atoms with Gasteiger partial charge < -0.3 is 11.1 Å². The first-order valence-corrected chi connectivity index (χ1v) is 7.02. The van der Waals surface area contributed by atoms with Crippen LogP contribution in [0, 0.1) is 11.3 Å². The van der Waals surface area contributed by atoms with Crippen molar-refractivity contribution in [1.82, 2.24) is 5.32 Å². The van der Waals surface area contributed by atoms with Gasteiger partial charge in [-0.1, -0.05) is 42.1 Å². The molecule has 6 heteroatoms. The van der Waals surface area contributed by atoms with Crippen LogP contribution in [0.2, 0.25) is 0 Å². The van der Waals surface area contributed by atoms with Gasteiger partial charge in [-0.15, -0.1) is 0 Å². The largest absolute Gasteiger partial charge is 0.366 e. The van der Waals surface area contributed by atoms with Crippen LogP contribution in [0.3, 0.4) is 0 Å². The van der Waals surface area contributed by atoms with Gasteiger partial charge in [-0.05, 0) is 12.5 Å². The fraction of sp³-hybridized carbons (Fsp3) is 0.214. The van der Waals surface area contributed by atoms with Gasteiger partial charge >= 0.3 is 0 Å². The third-order valence-corrected chi connectivity index (χ3v) is 3.63. The second-order valence-electron chi connectivity index (χ2n) is 4.22. The summed E-state index contributed by atoms with van der Waals surface area (Å²) in [6, 6.07) is 11.1. The molecule has 1 atom stereocenters. The number of thioether (sulfide) groups is 1. The predicted molar refractivity (Wildman–Crippen MR) is 79.7 cm³/mol. The number of benzene rings is 1. The lowest BCUT2D eigenvalue weighted by Crippen LogP contribution is -2.32. The van der Waals surface area contributed by atoms with Crippen molar-refractivity contribution in [2.45, 2.75) is 13.0 Å². The van der Waals surface area contributed by atoms with Gasteiger partial charge in [0, 0.05) is 5.70 Å². The minimum Gasteiger partial charge on any atom is -0.366 e. The zero-order valence-corrected chi connectivity index (χ0v) is 11.8. The molecule has 0 saturated heterocycles. The summed E-state index contributed by atoms with van der Waals surface area (Å²) in [5, 5.41) is 12.3. The lowest BCUT2D eigenvalue weighted by atomic mass is 9.96. The van der Waals surface area contributed by atoms with Crippen LogP contribution in [0.5, 0.6) is 0 Å². The van der Waals surface area contributed by atoms with Gasteiger partial charge in [0.15, 0.2) is 5.17 Å². The Morgan fingerprint density at radius 3 is 2.80 bits per heavy atom. The molecular formula is C14H14N4OS. The number of amides is 1. The number of allylic oxidation sites excluding steroid dienone is 1. The van der Waals surface area contributed by atoms with E-state index in [1.807, 2.05) is 30.3 Å². The molecule has 1 aromatic carbocycles. The van der Waals surface area contributed by atoms with E-state index in [9.17, 15) is 4.79 Å². The highest BCUT2D eigenvalue weighted by atomic mass is 32.2. The van der Waals surface area contributed by atoms with Gasteiger partial charge in [-0.25, -0.2) is 4.99 Å². The van der Waals surface area contributed by atoms with Gasteiger partial charge in [0.2, 0.25) is 5.91 Å². The molecule has 0 saturated carbocycles. The number of hydrogen-bond donors (Lipinski definition) is 2. The molecule has 20 heavy (non-hydrogen) atoms. The average Bonchev–Trinajstić information content (AvgIpc) is 2.45. The lowest BCUT2D eigenvalue weighted by molar-refractivity contribution is -0.114. The Morgan fingerprint density at radius 1 is 1.50 bits per heavy atom. The smallest absolute Gasteiger partial charge is 0.248 e. The summed E-state index contributed by atoms with van der Waals surface area (Å²) in [5.41, 5.74) is 7.50. The highest BCUT2D eigenvalue weighted by Gasteiger charge is 2.27. The number of nitrogens with one attached hydrogen (secondary N) is 1. The number of nitrogens with two attached hydrogens (primary N) is 1. The highest BCUT2D eigenvalue weighted by Crippen LogP contribution is 2.31. The summed E-state index contributed by atoms with van der Waals surface area (Å²) < 4.78 is 0. The van der Waals surface area contributed by atoms with Crippen LogP contribution in [-0.4, -0.2) is 16.8 Å². The topological polar surface area (TPSA) is 91.3 Å². The summed E-state index contributed by atoms with van der Waals surface area (Å²) in [6.45, 7) is 1.79. The van der Waals surface area contributed by atoms with Crippen molar-refractivity contribution < 1.29 is 4.79 Å². The van der Waals surface area contributed by atoms with Crippen LogP contribution in [-0.2, 0) is 4.79 Å². The first kappa shape index (κ1) is 14.2. The normalized spacial score (nSPS) is 18.0. The van der Waals surface area contributed by atoms with Gasteiger partial charge in [0.1, 0.15) is 6.04 Å². The van der Waals surface area contributed by atoms with E-state index >= 15 is 0 Å². The summed E-state index contributed by atoms with van der Waals surface area (Å²) in [7, 11) is 0. The molecule has 2 rings (SSSR count). The molecule has 1 aliphatic rings. The number of amidine groups is 1. The Balaban J connectivity index is 2.40. The Hall–Kier alpha value is -2.26. The van der Waals surface area contributed by atoms with E-state index in [0.29, 0.717) is 22.2 Å². The molecule has 1 aromatic rings. The fourth-order valence-corrected chi connectivity index (χ4v) is 2.62. The number of carbonyl (C=O) groups excluding carboxylic acids is 1. The molecular weight excluding hydrogens is 272 g/mol. The molecule has 5 nitrogen and oxygen atoms in total. The zero-order valence-electron chi connectivity index (χ0n) is 11.0. The van der Waals surface area contributed by atoms with Crippen LogP contribution >= 0.6 is 11.8 Å². The van der Waals surface area contributed by atoms with E-state index in [-0.39, 0.29) is 0 Å². The first-order chi connectivity index (χ1) is 9.63. The van der Waals surface area contributed by atoms with Crippen LogP contribution in [0.25, 0.3) is 0 Å². The van der Waals surface area contributed by atoms with E-state index in [4.69, 9.17) is 11.0 Å². The molecule has 0 spiro atoms. The summed E-state index contributed by atoms with van der Waals surface area (Å²) in [4.78, 5) is 16.2. The van der Waals surface area contributed by atoms with Crippen molar-refractivity contribution in [3.63, 3.8) is 0 Å². The SMILES string of the molecule is CC1=C(C(N)=O)[C@@H](c2ccccc2)N=C(SCC#N)N1. The quantitative estimate of drug-likeness (QED) is 0.884. The van der Waals surface area contributed by atoms with Crippen LogP contribution in [0.1, 0.15) is 18.5 Å². The Morgan fingerprint density at radius 2 is 2.20 bits per heavy atom. The third-order valence-electron chi connectivity index (χ3n) is 2.87. The monoisotopic (exact) mass is 286 g/mol. The highest BCUT2D eigenvalue weighted by molar-refractivity contribution is 8.14. The van der Waals surface area contributed by atoms with Gasteiger partial charge in [0.05, 0.1) is 17.4 Å². The number of nitriles is 1. The number of carbonyl (C=O) groups is 1. The summed E-state index contributed by atoms with van der Waals surface area (Å²) >= 11 is 1.30. The van der Waals surface area contributed by atoms with Crippen LogP contribution in [0.4, 0.5) is 0 Å². The number of primary amides is 1. The van der Waals surface area contributed by atoms with Crippen molar-refractivity contribution in [3.05, 3.63) is 47.2 Å². The maximum atomic E-state index is 11.7. The number of aliphatic imine (C=N–C) groups is 1. The van der Waals surface area contributed by atoms with Gasteiger partial charge in [-0.2, -0.15) is 5.26 Å². The first-order valence-electron chi connectivity index (χ1n) is 6.03. The summed E-state index contributed by atoms with van der Waals surface area (Å²) in [5.74, 6) is -0.191. The molecule has 0 unspecified atom stereocenters. The third kappa shape index (κ3) is 3.00. The van der Waals surface area contributed by atoms with Crippen molar-refractivity contribution in [2.24, 2.45) is 10.7 Å². The molecule has 3 N–H and O–H groups in total. The van der Waals surface area contributed by atoms with Crippen molar-refractivity contribution in [3.8, 4) is 6.07 Å². The minimum atomic E-state index is -0.489. The molecule has 0 aliphatic carbocycles. The molecule has 1 aliphatic heterocycles. The Labute approximate surface area is 121 Å². The lowest BCUT2D eigenvalue weighted by Gasteiger charge is -2.24. The Bertz CT molecular complexity index is 616. The molecule has 0 radical (unpaired) electrons. The standard InChI is InChI=1S/C14H14N4OS/c1-9-11(13(16)19)12(10-5-3-2-4-6-10)18-14(17-9)20-8-7-15/h2-6,12H,8H2,1H3,(H2,16,19)(H,17,18)/t12-/m1/s1. The summed E-state index contributed by atoms with van der Waals surface area (Å²) in [6.07, 6.45) is 0. The second kappa shape index (κ2) is 6.26. The molecule has 1 heterocycles. The van der Waals surface area contributed by atoms with Crippen LogP contribution < -0.4 is 11.1 Å². The van der Waals surface area contributed by atoms with E-state index in [0.717, 1.165) is 5.56 Å². The van der Waals surface area contributed by atoms with Crippen LogP contribution in [0.15, 0.2) is 46.6 Å². The molecule has 1 amide bonds. The van der Waals surface area contributed by atoms with E-state index in [1.165, 1.54) is 11.8 Å². The zero-order chi connectivity index (χ0) is 14.5. The predicted octanol–water partition coefficient (Wildman–Crippen LogP) is 1.70. The van der Waals surface area contributed by atoms with Crippen molar-refractivity contribution in [2.75, 3.05) is 5.75 Å². The number of hydrogen-bond acceptors (Lipinski definition) is 5. The van der Waals surface area contributed by atoms with E-state index < -0.39 is 11.9 Å². The Kier molecular flexibility index (Phi) is 4.43. The van der Waals surface area contributed by atoms with Gasteiger partial charge in [-0.3, -0.25) is 4.79 Å². The molecule has 102 valence electrons. The average molecular weight is 286 g/mol. The van der Waals surface area contributed by atoms with Crippen molar-refractivity contribution in [1.29, 1.82) is 5.26 Å². The fourth-order valence-electron chi connectivity index (χ4n) is 2.02. The van der Waals surface area contributed by atoms with E-state index in [2.05, 4.69) is 16.4 Å². The molecule has 0 fully saturated rings. The minimum absolute atomic E-state index is 0.298. The number of rotatable bonds is 3.